The Morgan fingerprint density at radius 2 is 2.04 bits per heavy atom. The topological polar surface area (TPSA) is 69.2 Å². The van der Waals surface area contributed by atoms with E-state index in [1.54, 1.807) is 0 Å². The number of likely N-dealkylation sites (tertiary alicyclic amines) is 1. The first kappa shape index (κ1) is 20.0. The van der Waals surface area contributed by atoms with Gasteiger partial charge in [0.25, 0.3) is 0 Å². The first-order chi connectivity index (χ1) is 12.1. The van der Waals surface area contributed by atoms with Crippen LogP contribution in [0.2, 0.25) is 0 Å². The molecule has 0 bridgehead atoms. The summed E-state index contributed by atoms with van der Waals surface area (Å²) >= 11 is 0. The number of hydrogen-bond donors (Lipinski definition) is 2. The highest BCUT2D eigenvalue weighted by Gasteiger charge is 2.30. The number of carbonyl (C=O) groups excluding carboxylic acids is 1. The van der Waals surface area contributed by atoms with Crippen molar-refractivity contribution in [1.82, 2.24) is 20.4 Å². The second-order valence-corrected chi connectivity index (χ2v) is 6.90. The standard InChI is InChI=1S/C18H35N5O2/c1-4-15(3)21-17(24)6-8-20-18(19-5-2)23-9-7-16(14-23)22-10-12-25-13-11-22/h15-16H,4-14H2,1-3H3,(H,19,20)(H,21,24). The molecule has 1 amide bonds. The van der Waals surface area contributed by atoms with Gasteiger partial charge in [0.05, 0.1) is 19.8 Å². The largest absolute Gasteiger partial charge is 0.379 e. The molecule has 2 heterocycles. The number of guanidine groups is 1. The van der Waals surface area contributed by atoms with Gasteiger partial charge in [-0.25, -0.2) is 0 Å². The molecule has 0 aromatic heterocycles. The minimum Gasteiger partial charge on any atom is -0.379 e. The zero-order valence-corrected chi connectivity index (χ0v) is 16.1. The molecule has 0 aromatic rings. The van der Waals surface area contributed by atoms with Gasteiger partial charge in [-0.05, 0) is 26.7 Å². The maximum atomic E-state index is 11.9. The molecular weight excluding hydrogens is 318 g/mol. The monoisotopic (exact) mass is 353 g/mol. The highest BCUT2D eigenvalue weighted by molar-refractivity contribution is 5.81. The third-order valence-corrected chi connectivity index (χ3v) is 4.98. The maximum absolute atomic E-state index is 11.9. The summed E-state index contributed by atoms with van der Waals surface area (Å²) in [6.45, 7) is 13.3. The molecular formula is C18H35N5O2. The zero-order chi connectivity index (χ0) is 18.1. The summed E-state index contributed by atoms with van der Waals surface area (Å²) in [5.41, 5.74) is 0. The van der Waals surface area contributed by atoms with Gasteiger partial charge in [-0.2, -0.15) is 0 Å². The molecule has 2 N–H and O–H groups in total. The van der Waals surface area contributed by atoms with Crippen LogP contribution in [0.15, 0.2) is 4.99 Å². The Morgan fingerprint density at radius 1 is 1.28 bits per heavy atom. The Balaban J connectivity index is 1.81. The first-order valence-corrected chi connectivity index (χ1v) is 9.78. The Labute approximate surface area is 152 Å². The molecule has 7 nitrogen and oxygen atoms in total. The quantitative estimate of drug-likeness (QED) is 0.520. The Kier molecular flexibility index (Phi) is 8.48. The predicted molar refractivity (Wildman–Crippen MR) is 101 cm³/mol. The van der Waals surface area contributed by atoms with Crippen molar-refractivity contribution in [3.8, 4) is 0 Å². The van der Waals surface area contributed by atoms with Crippen molar-refractivity contribution >= 4 is 11.9 Å². The van der Waals surface area contributed by atoms with E-state index in [9.17, 15) is 4.79 Å². The SMILES string of the molecule is CCNC(=NCCC(=O)NC(C)CC)N1CCC(N2CCOCC2)C1. The highest BCUT2D eigenvalue weighted by Crippen LogP contribution is 2.17. The summed E-state index contributed by atoms with van der Waals surface area (Å²) in [4.78, 5) is 21.4. The van der Waals surface area contributed by atoms with E-state index in [-0.39, 0.29) is 11.9 Å². The second-order valence-electron chi connectivity index (χ2n) is 6.90. The van der Waals surface area contributed by atoms with Crippen LogP contribution >= 0.6 is 0 Å². The van der Waals surface area contributed by atoms with Crippen LogP contribution in [-0.4, -0.2) is 86.2 Å². The summed E-state index contributed by atoms with van der Waals surface area (Å²) in [5, 5.41) is 6.37. The van der Waals surface area contributed by atoms with E-state index in [0.29, 0.717) is 19.0 Å². The molecule has 0 saturated carbocycles. The molecule has 2 rings (SSSR count). The Hall–Kier alpha value is -1.34. The smallest absolute Gasteiger partial charge is 0.222 e. The van der Waals surface area contributed by atoms with Crippen molar-refractivity contribution in [2.24, 2.45) is 4.99 Å². The second kappa shape index (κ2) is 10.6. The van der Waals surface area contributed by atoms with Crippen LogP contribution in [0.3, 0.4) is 0 Å². The molecule has 2 aliphatic rings. The lowest BCUT2D eigenvalue weighted by Gasteiger charge is -2.32. The number of nitrogens with one attached hydrogen (secondary N) is 2. The van der Waals surface area contributed by atoms with E-state index in [4.69, 9.17) is 4.74 Å². The predicted octanol–water partition coefficient (Wildman–Crippen LogP) is 0.663. The fraction of sp³-hybridized carbons (Fsp3) is 0.889. The summed E-state index contributed by atoms with van der Waals surface area (Å²) in [6, 6.07) is 0.819. The van der Waals surface area contributed by atoms with Crippen LogP contribution in [0.1, 0.15) is 40.0 Å². The molecule has 2 fully saturated rings. The highest BCUT2D eigenvalue weighted by atomic mass is 16.5. The number of carbonyl (C=O) groups is 1. The van der Waals surface area contributed by atoms with E-state index < -0.39 is 0 Å². The normalized spacial score (nSPS) is 23.6. The molecule has 2 atom stereocenters. The van der Waals surface area contributed by atoms with Gasteiger partial charge in [-0.3, -0.25) is 14.7 Å². The number of ether oxygens (including phenoxy) is 1. The number of nitrogens with zero attached hydrogens (tertiary/aromatic N) is 3. The van der Waals surface area contributed by atoms with Crippen molar-refractivity contribution in [3.63, 3.8) is 0 Å². The van der Waals surface area contributed by atoms with E-state index in [0.717, 1.165) is 58.3 Å². The molecule has 0 spiro atoms. The molecule has 2 saturated heterocycles. The van der Waals surface area contributed by atoms with Crippen molar-refractivity contribution < 1.29 is 9.53 Å². The average Bonchev–Trinajstić information content (AvgIpc) is 3.11. The van der Waals surface area contributed by atoms with Gasteiger partial charge in [0.15, 0.2) is 5.96 Å². The molecule has 2 aliphatic heterocycles. The van der Waals surface area contributed by atoms with Crippen molar-refractivity contribution in [1.29, 1.82) is 0 Å². The number of aliphatic imine (C=N–C) groups is 1. The van der Waals surface area contributed by atoms with Crippen molar-refractivity contribution in [2.45, 2.75) is 52.1 Å². The maximum Gasteiger partial charge on any atom is 0.222 e. The fourth-order valence-electron chi connectivity index (χ4n) is 3.31. The fourth-order valence-corrected chi connectivity index (χ4v) is 3.31. The van der Waals surface area contributed by atoms with Crippen LogP contribution in [0.4, 0.5) is 0 Å². The van der Waals surface area contributed by atoms with Gasteiger partial charge in [0, 0.05) is 51.2 Å². The molecule has 0 aromatic carbocycles. The lowest BCUT2D eigenvalue weighted by atomic mass is 10.2. The summed E-state index contributed by atoms with van der Waals surface area (Å²) < 4.78 is 5.45. The molecule has 7 heteroatoms. The summed E-state index contributed by atoms with van der Waals surface area (Å²) in [5.74, 6) is 1.02. The minimum atomic E-state index is 0.0848. The third kappa shape index (κ3) is 6.47. The van der Waals surface area contributed by atoms with E-state index in [1.165, 1.54) is 6.42 Å². The summed E-state index contributed by atoms with van der Waals surface area (Å²) in [7, 11) is 0. The van der Waals surface area contributed by atoms with Crippen LogP contribution in [0.25, 0.3) is 0 Å². The van der Waals surface area contributed by atoms with E-state index in [1.807, 2.05) is 6.92 Å². The number of amides is 1. The number of rotatable bonds is 7. The third-order valence-electron chi connectivity index (χ3n) is 4.98. The number of morpholine rings is 1. The van der Waals surface area contributed by atoms with Gasteiger partial charge in [-0.15, -0.1) is 0 Å². The average molecular weight is 354 g/mol. The van der Waals surface area contributed by atoms with Gasteiger partial charge < -0.3 is 20.3 Å². The molecule has 2 unspecified atom stereocenters. The lowest BCUT2D eigenvalue weighted by molar-refractivity contribution is -0.121. The van der Waals surface area contributed by atoms with Gasteiger partial charge in [0.1, 0.15) is 0 Å². The summed E-state index contributed by atoms with van der Waals surface area (Å²) in [6.07, 6.45) is 2.56. The van der Waals surface area contributed by atoms with E-state index >= 15 is 0 Å². The lowest BCUT2D eigenvalue weighted by Crippen LogP contribution is -2.46. The first-order valence-electron chi connectivity index (χ1n) is 9.78. The minimum absolute atomic E-state index is 0.0848. The van der Waals surface area contributed by atoms with Gasteiger partial charge in [0.2, 0.25) is 5.91 Å². The van der Waals surface area contributed by atoms with Crippen LogP contribution in [-0.2, 0) is 9.53 Å². The molecule has 25 heavy (non-hydrogen) atoms. The zero-order valence-electron chi connectivity index (χ0n) is 16.1. The van der Waals surface area contributed by atoms with Crippen LogP contribution in [0, 0.1) is 0 Å². The van der Waals surface area contributed by atoms with E-state index in [2.05, 4.69) is 39.3 Å². The molecule has 144 valence electrons. The van der Waals surface area contributed by atoms with Gasteiger partial charge in [-0.1, -0.05) is 6.92 Å². The van der Waals surface area contributed by atoms with Crippen molar-refractivity contribution in [2.75, 3.05) is 52.5 Å². The molecule has 0 radical (unpaired) electrons. The van der Waals surface area contributed by atoms with Crippen LogP contribution < -0.4 is 10.6 Å². The number of hydrogen-bond acceptors (Lipinski definition) is 4. The van der Waals surface area contributed by atoms with Crippen LogP contribution in [0.5, 0.6) is 0 Å². The Bertz CT molecular complexity index is 437. The van der Waals surface area contributed by atoms with Gasteiger partial charge >= 0.3 is 0 Å². The Morgan fingerprint density at radius 3 is 2.72 bits per heavy atom. The van der Waals surface area contributed by atoms with Crippen molar-refractivity contribution in [3.05, 3.63) is 0 Å². The molecule has 0 aliphatic carbocycles.